The molecule has 2 heteroatoms. The van der Waals surface area contributed by atoms with E-state index in [2.05, 4.69) is 38.2 Å². The molecule has 1 saturated carbocycles. The molecule has 0 aromatic heterocycles. The minimum Gasteiger partial charge on any atom is -0.314 e. The Balaban J connectivity index is 2.42. The number of nitrogens with one attached hydrogen (secondary N) is 1. The van der Waals surface area contributed by atoms with Crippen LogP contribution in [0.25, 0.3) is 0 Å². The summed E-state index contributed by atoms with van der Waals surface area (Å²) in [6.45, 7) is 7.00. The predicted octanol–water partition coefficient (Wildman–Crippen LogP) is 2.50. The van der Waals surface area contributed by atoms with Crippen molar-refractivity contribution in [3.8, 4) is 0 Å². The first-order chi connectivity index (χ1) is 7.08. The van der Waals surface area contributed by atoms with Crippen LogP contribution in [0.15, 0.2) is 0 Å². The van der Waals surface area contributed by atoms with Gasteiger partial charge in [0.1, 0.15) is 0 Å². The summed E-state index contributed by atoms with van der Waals surface area (Å²) in [4.78, 5) is 2.35. The molecule has 0 aromatic carbocycles. The van der Waals surface area contributed by atoms with Gasteiger partial charge in [-0.15, -0.1) is 0 Å². The Bertz CT molecular complexity index is 171. The van der Waals surface area contributed by atoms with E-state index < -0.39 is 0 Å². The van der Waals surface area contributed by atoms with Gasteiger partial charge in [-0.05, 0) is 45.7 Å². The maximum absolute atomic E-state index is 3.69. The van der Waals surface area contributed by atoms with Crippen LogP contribution >= 0.6 is 0 Å². The van der Waals surface area contributed by atoms with Crippen LogP contribution in [0.5, 0.6) is 0 Å². The van der Waals surface area contributed by atoms with Crippen LogP contribution < -0.4 is 5.32 Å². The molecule has 1 unspecified atom stereocenters. The van der Waals surface area contributed by atoms with Gasteiger partial charge in [-0.1, -0.05) is 19.8 Å². The molecular formula is C13H28N2. The highest BCUT2D eigenvalue weighted by molar-refractivity contribution is 4.89. The highest BCUT2D eigenvalue weighted by Gasteiger charge is 2.34. The van der Waals surface area contributed by atoms with Crippen molar-refractivity contribution >= 4 is 0 Å². The Labute approximate surface area is 95.4 Å². The van der Waals surface area contributed by atoms with Crippen molar-refractivity contribution in [1.82, 2.24) is 10.2 Å². The van der Waals surface area contributed by atoms with Crippen molar-refractivity contribution in [3.63, 3.8) is 0 Å². The van der Waals surface area contributed by atoms with Gasteiger partial charge in [0.2, 0.25) is 0 Å². The molecule has 1 atom stereocenters. The van der Waals surface area contributed by atoms with E-state index in [4.69, 9.17) is 0 Å². The molecule has 0 bridgehead atoms. The molecule has 0 aliphatic heterocycles. The van der Waals surface area contributed by atoms with Gasteiger partial charge in [0.05, 0.1) is 0 Å². The zero-order valence-electron chi connectivity index (χ0n) is 11.0. The van der Waals surface area contributed by atoms with Gasteiger partial charge in [0, 0.05) is 19.1 Å². The van der Waals surface area contributed by atoms with Crippen LogP contribution in [0, 0.1) is 5.41 Å². The first-order valence-corrected chi connectivity index (χ1v) is 6.46. The summed E-state index contributed by atoms with van der Waals surface area (Å²) < 4.78 is 0. The lowest BCUT2D eigenvalue weighted by atomic mass is 9.85. The summed E-state index contributed by atoms with van der Waals surface area (Å²) in [6.07, 6.45) is 6.91. The molecular weight excluding hydrogens is 184 g/mol. The molecule has 1 aliphatic carbocycles. The lowest BCUT2D eigenvalue weighted by molar-refractivity contribution is 0.189. The number of hydrogen-bond acceptors (Lipinski definition) is 2. The predicted molar refractivity (Wildman–Crippen MR) is 67.2 cm³/mol. The van der Waals surface area contributed by atoms with Crippen LogP contribution in [0.2, 0.25) is 0 Å². The van der Waals surface area contributed by atoms with Crippen LogP contribution in [0.4, 0.5) is 0 Å². The van der Waals surface area contributed by atoms with E-state index in [1.54, 1.807) is 0 Å². The van der Waals surface area contributed by atoms with Crippen LogP contribution in [-0.2, 0) is 0 Å². The highest BCUT2D eigenvalue weighted by atomic mass is 15.1. The van der Waals surface area contributed by atoms with Gasteiger partial charge >= 0.3 is 0 Å². The van der Waals surface area contributed by atoms with Crippen molar-refractivity contribution < 1.29 is 0 Å². The van der Waals surface area contributed by atoms with E-state index in [1.807, 2.05) is 0 Å². The van der Waals surface area contributed by atoms with Gasteiger partial charge < -0.3 is 10.2 Å². The molecule has 15 heavy (non-hydrogen) atoms. The zero-order chi connectivity index (χ0) is 11.3. The summed E-state index contributed by atoms with van der Waals surface area (Å²) in [6, 6.07) is 0.671. The standard InChI is InChI=1S/C13H28N2/c1-5-12(2)14-10-13(11-15(3)4)8-6-7-9-13/h12,14H,5-11H2,1-4H3. The lowest BCUT2D eigenvalue weighted by Crippen LogP contribution is -2.42. The molecule has 1 rings (SSSR count). The molecule has 0 heterocycles. The topological polar surface area (TPSA) is 15.3 Å². The molecule has 0 amide bonds. The first kappa shape index (κ1) is 13.0. The fourth-order valence-corrected chi connectivity index (χ4v) is 2.72. The van der Waals surface area contributed by atoms with E-state index >= 15 is 0 Å². The van der Waals surface area contributed by atoms with E-state index in [0.717, 1.165) is 0 Å². The smallest absolute Gasteiger partial charge is 0.00440 e. The Kier molecular flexibility index (Phi) is 5.07. The highest BCUT2D eigenvalue weighted by Crippen LogP contribution is 2.38. The van der Waals surface area contributed by atoms with Gasteiger partial charge in [0.25, 0.3) is 0 Å². The van der Waals surface area contributed by atoms with E-state index in [9.17, 15) is 0 Å². The minimum atomic E-state index is 0.562. The monoisotopic (exact) mass is 212 g/mol. The Morgan fingerprint density at radius 1 is 1.27 bits per heavy atom. The minimum absolute atomic E-state index is 0.562. The van der Waals surface area contributed by atoms with Gasteiger partial charge in [-0.2, -0.15) is 0 Å². The molecule has 90 valence electrons. The second-order valence-electron chi connectivity index (χ2n) is 5.64. The maximum atomic E-state index is 3.69. The fourth-order valence-electron chi connectivity index (χ4n) is 2.72. The summed E-state index contributed by atoms with van der Waals surface area (Å²) in [5.74, 6) is 0. The maximum Gasteiger partial charge on any atom is 0.00440 e. The summed E-state index contributed by atoms with van der Waals surface area (Å²) >= 11 is 0. The van der Waals surface area contributed by atoms with Crippen molar-refractivity contribution in [3.05, 3.63) is 0 Å². The average Bonchev–Trinajstić information content (AvgIpc) is 2.62. The number of rotatable bonds is 6. The van der Waals surface area contributed by atoms with Crippen molar-refractivity contribution in [2.75, 3.05) is 27.2 Å². The summed E-state index contributed by atoms with van der Waals surface area (Å²) in [5, 5.41) is 3.69. The molecule has 0 saturated heterocycles. The third kappa shape index (κ3) is 4.12. The Morgan fingerprint density at radius 3 is 2.33 bits per heavy atom. The molecule has 1 aliphatic rings. The van der Waals surface area contributed by atoms with Crippen LogP contribution in [0.3, 0.4) is 0 Å². The molecule has 0 aromatic rings. The lowest BCUT2D eigenvalue weighted by Gasteiger charge is -2.33. The summed E-state index contributed by atoms with van der Waals surface area (Å²) in [5.41, 5.74) is 0.562. The number of nitrogens with zero attached hydrogens (tertiary/aromatic N) is 1. The van der Waals surface area contributed by atoms with Crippen molar-refractivity contribution in [2.45, 2.75) is 52.0 Å². The van der Waals surface area contributed by atoms with Gasteiger partial charge in [-0.25, -0.2) is 0 Å². The Hall–Kier alpha value is -0.0800. The number of hydrogen-bond donors (Lipinski definition) is 1. The van der Waals surface area contributed by atoms with Crippen molar-refractivity contribution in [1.29, 1.82) is 0 Å². The Morgan fingerprint density at radius 2 is 1.87 bits per heavy atom. The largest absolute Gasteiger partial charge is 0.314 e. The van der Waals surface area contributed by atoms with Gasteiger partial charge in [0.15, 0.2) is 0 Å². The molecule has 1 fully saturated rings. The second kappa shape index (κ2) is 5.86. The molecule has 0 spiro atoms. The normalized spacial score (nSPS) is 22.2. The second-order valence-corrected chi connectivity index (χ2v) is 5.64. The molecule has 0 radical (unpaired) electrons. The van der Waals surface area contributed by atoms with Crippen molar-refractivity contribution in [2.24, 2.45) is 5.41 Å². The average molecular weight is 212 g/mol. The fraction of sp³-hybridized carbons (Fsp3) is 1.00. The molecule has 2 nitrogen and oxygen atoms in total. The van der Waals surface area contributed by atoms with E-state index in [1.165, 1.54) is 45.2 Å². The van der Waals surface area contributed by atoms with Crippen LogP contribution in [0.1, 0.15) is 46.0 Å². The van der Waals surface area contributed by atoms with Crippen LogP contribution in [-0.4, -0.2) is 38.1 Å². The SMILES string of the molecule is CCC(C)NCC1(CN(C)C)CCCC1. The molecule has 1 N–H and O–H groups in total. The van der Waals surface area contributed by atoms with E-state index in [0.29, 0.717) is 11.5 Å². The quantitative estimate of drug-likeness (QED) is 0.728. The van der Waals surface area contributed by atoms with Gasteiger partial charge in [-0.3, -0.25) is 0 Å². The first-order valence-electron chi connectivity index (χ1n) is 6.46. The third-order valence-corrected chi connectivity index (χ3v) is 3.75. The third-order valence-electron chi connectivity index (χ3n) is 3.75. The summed E-state index contributed by atoms with van der Waals surface area (Å²) in [7, 11) is 4.40. The van der Waals surface area contributed by atoms with E-state index in [-0.39, 0.29) is 0 Å². The zero-order valence-corrected chi connectivity index (χ0v) is 11.0.